The largest absolute Gasteiger partial charge is 0.356 e. The molecule has 3 heteroatoms. The quantitative estimate of drug-likeness (QED) is 0.647. The van der Waals surface area contributed by atoms with Crippen molar-refractivity contribution in [3.8, 4) is 0 Å². The third kappa shape index (κ3) is 2.42. The van der Waals surface area contributed by atoms with E-state index in [-0.39, 0.29) is 5.78 Å². The smallest absolute Gasteiger partial charge is 0.209 e. The number of H-pyrrole nitrogens is 1. The van der Waals surface area contributed by atoms with Crippen molar-refractivity contribution in [2.45, 2.75) is 20.8 Å². The van der Waals surface area contributed by atoms with Gasteiger partial charge in [-0.15, -0.1) is 0 Å². The number of ketones is 1. The highest BCUT2D eigenvalue weighted by Crippen LogP contribution is 2.24. The zero-order valence-electron chi connectivity index (χ0n) is 12.3. The fraction of sp³-hybridized carbons (Fsp3) is 0.167. The number of aromatic amines is 1. The molecule has 3 rings (SSSR count). The molecule has 0 saturated carbocycles. The Kier molecular flexibility index (Phi) is 3.46. The maximum atomic E-state index is 12.7. The summed E-state index contributed by atoms with van der Waals surface area (Å²) in [6.07, 6.45) is 0. The molecule has 0 radical (unpaired) electrons. The van der Waals surface area contributed by atoms with Crippen LogP contribution in [-0.4, -0.2) is 10.8 Å². The predicted octanol–water partition coefficient (Wildman–Crippen LogP) is 5.09. The van der Waals surface area contributed by atoms with Gasteiger partial charge in [-0.2, -0.15) is 0 Å². The fourth-order valence-corrected chi connectivity index (χ4v) is 2.95. The Morgan fingerprint density at radius 1 is 0.952 bits per heavy atom. The van der Waals surface area contributed by atoms with Crippen LogP contribution in [0.2, 0.25) is 0 Å². The number of carbonyl (C=O) groups is 1. The molecule has 1 heterocycles. The van der Waals surface area contributed by atoms with Crippen molar-refractivity contribution in [1.29, 1.82) is 0 Å². The van der Waals surface area contributed by atoms with Crippen LogP contribution in [0.3, 0.4) is 0 Å². The molecule has 0 aliphatic heterocycles. The van der Waals surface area contributed by atoms with E-state index in [4.69, 9.17) is 0 Å². The van der Waals surface area contributed by atoms with Gasteiger partial charge in [0.15, 0.2) is 0 Å². The Balaban J connectivity index is 2.09. The van der Waals surface area contributed by atoms with Gasteiger partial charge in [0.1, 0.15) is 0 Å². The van der Waals surface area contributed by atoms with Gasteiger partial charge in [0.25, 0.3) is 0 Å². The average Bonchev–Trinajstić information content (AvgIpc) is 2.73. The first-order valence-corrected chi connectivity index (χ1v) is 7.66. The van der Waals surface area contributed by atoms with E-state index in [1.165, 1.54) is 0 Å². The maximum absolute atomic E-state index is 12.7. The van der Waals surface area contributed by atoms with Gasteiger partial charge in [0.05, 0.1) is 5.69 Å². The van der Waals surface area contributed by atoms with E-state index in [2.05, 4.69) is 27.0 Å². The number of nitrogens with one attached hydrogen (secondary N) is 1. The molecule has 0 amide bonds. The van der Waals surface area contributed by atoms with Crippen LogP contribution in [0, 0.1) is 20.8 Å². The van der Waals surface area contributed by atoms with E-state index in [0.717, 1.165) is 32.1 Å². The lowest BCUT2D eigenvalue weighted by Gasteiger charge is -2.04. The average molecular weight is 342 g/mol. The Hall–Kier alpha value is -1.87. The molecule has 1 aromatic heterocycles. The monoisotopic (exact) mass is 341 g/mol. The van der Waals surface area contributed by atoms with Crippen LogP contribution in [0.5, 0.6) is 0 Å². The number of hydrogen-bond donors (Lipinski definition) is 1. The number of hydrogen-bond acceptors (Lipinski definition) is 1. The molecule has 0 atom stereocenters. The molecule has 0 bridgehead atoms. The number of carbonyl (C=O) groups excluding carboxylic acids is 1. The molecule has 0 unspecified atom stereocenters. The first-order chi connectivity index (χ1) is 9.97. The van der Waals surface area contributed by atoms with Crippen LogP contribution < -0.4 is 0 Å². The Morgan fingerprint density at radius 3 is 2.29 bits per heavy atom. The van der Waals surface area contributed by atoms with Crippen LogP contribution >= 0.6 is 15.9 Å². The molecule has 106 valence electrons. The molecule has 21 heavy (non-hydrogen) atoms. The van der Waals surface area contributed by atoms with Crippen molar-refractivity contribution in [3.05, 3.63) is 68.9 Å². The van der Waals surface area contributed by atoms with Crippen LogP contribution in [0.1, 0.15) is 32.9 Å². The molecule has 0 aliphatic carbocycles. The second-order valence-electron chi connectivity index (χ2n) is 5.41. The highest BCUT2D eigenvalue weighted by molar-refractivity contribution is 9.10. The van der Waals surface area contributed by atoms with Gasteiger partial charge in [-0.3, -0.25) is 4.79 Å². The first kappa shape index (κ1) is 14.1. The minimum absolute atomic E-state index is 0.0496. The highest BCUT2D eigenvalue weighted by Gasteiger charge is 2.16. The van der Waals surface area contributed by atoms with Gasteiger partial charge in [-0.25, -0.2) is 0 Å². The van der Waals surface area contributed by atoms with Crippen molar-refractivity contribution in [2.75, 3.05) is 0 Å². The number of aromatic nitrogens is 1. The lowest BCUT2D eigenvalue weighted by molar-refractivity contribution is 0.103. The van der Waals surface area contributed by atoms with Crippen molar-refractivity contribution in [3.63, 3.8) is 0 Å². The van der Waals surface area contributed by atoms with Gasteiger partial charge >= 0.3 is 0 Å². The summed E-state index contributed by atoms with van der Waals surface area (Å²) in [5, 5.41) is 2.19. The Labute approximate surface area is 132 Å². The number of benzene rings is 2. The molecule has 2 aromatic carbocycles. The third-order valence-electron chi connectivity index (χ3n) is 4.10. The molecular weight excluding hydrogens is 326 g/mol. The highest BCUT2D eigenvalue weighted by atomic mass is 79.9. The van der Waals surface area contributed by atoms with Crippen molar-refractivity contribution in [2.24, 2.45) is 0 Å². The molecule has 1 N–H and O–H groups in total. The number of aryl methyl sites for hydroxylation is 1. The molecule has 3 aromatic rings. The van der Waals surface area contributed by atoms with Crippen LogP contribution in [-0.2, 0) is 0 Å². The molecule has 2 nitrogen and oxygen atoms in total. The Bertz CT molecular complexity index is 861. The standard InChI is InChI=1S/C18H16BrNO/c1-10-11(2)17(20-12(10)3)18(21)15-5-4-14-9-16(19)7-6-13(14)8-15/h4-9,20H,1-3H3. The minimum atomic E-state index is 0.0496. The predicted molar refractivity (Wildman–Crippen MR) is 90.1 cm³/mol. The fourth-order valence-electron chi connectivity index (χ4n) is 2.57. The topological polar surface area (TPSA) is 32.9 Å². The molecule has 0 saturated heterocycles. The summed E-state index contributed by atoms with van der Waals surface area (Å²) in [4.78, 5) is 15.9. The van der Waals surface area contributed by atoms with E-state index >= 15 is 0 Å². The van der Waals surface area contributed by atoms with Gasteiger partial charge in [0, 0.05) is 15.7 Å². The maximum Gasteiger partial charge on any atom is 0.209 e. The van der Waals surface area contributed by atoms with E-state index in [1.807, 2.05) is 51.1 Å². The SMILES string of the molecule is Cc1[nH]c(C(=O)c2ccc3cc(Br)ccc3c2)c(C)c1C. The lowest BCUT2D eigenvalue weighted by atomic mass is 10.0. The van der Waals surface area contributed by atoms with Gasteiger partial charge in [-0.1, -0.05) is 34.1 Å². The second-order valence-corrected chi connectivity index (χ2v) is 6.33. The van der Waals surface area contributed by atoms with Gasteiger partial charge in [-0.05, 0) is 60.9 Å². The number of fused-ring (bicyclic) bond motifs is 1. The van der Waals surface area contributed by atoms with E-state index in [0.29, 0.717) is 11.3 Å². The third-order valence-corrected chi connectivity index (χ3v) is 4.60. The van der Waals surface area contributed by atoms with Gasteiger partial charge in [0.2, 0.25) is 5.78 Å². The number of halogens is 1. The summed E-state index contributed by atoms with van der Waals surface area (Å²) in [6.45, 7) is 6.02. The zero-order chi connectivity index (χ0) is 15.1. The summed E-state index contributed by atoms with van der Waals surface area (Å²) in [6, 6.07) is 11.9. The summed E-state index contributed by atoms with van der Waals surface area (Å²) in [7, 11) is 0. The van der Waals surface area contributed by atoms with Crippen LogP contribution in [0.25, 0.3) is 10.8 Å². The van der Waals surface area contributed by atoms with Crippen LogP contribution in [0.4, 0.5) is 0 Å². The number of rotatable bonds is 2. The van der Waals surface area contributed by atoms with Crippen molar-refractivity contribution < 1.29 is 4.79 Å². The molecule has 0 aliphatic rings. The van der Waals surface area contributed by atoms with E-state index in [1.54, 1.807) is 0 Å². The van der Waals surface area contributed by atoms with Crippen molar-refractivity contribution in [1.82, 2.24) is 4.98 Å². The summed E-state index contributed by atoms with van der Waals surface area (Å²) in [5.41, 5.74) is 4.66. The second kappa shape index (κ2) is 5.15. The lowest BCUT2D eigenvalue weighted by Crippen LogP contribution is -2.03. The van der Waals surface area contributed by atoms with E-state index in [9.17, 15) is 4.79 Å². The minimum Gasteiger partial charge on any atom is -0.356 e. The van der Waals surface area contributed by atoms with Gasteiger partial charge < -0.3 is 4.98 Å². The van der Waals surface area contributed by atoms with E-state index < -0.39 is 0 Å². The van der Waals surface area contributed by atoms with Crippen LogP contribution in [0.15, 0.2) is 40.9 Å². The zero-order valence-corrected chi connectivity index (χ0v) is 13.8. The molecule has 0 fully saturated rings. The molecular formula is C18H16BrNO. The summed E-state index contributed by atoms with van der Waals surface area (Å²) < 4.78 is 1.04. The van der Waals surface area contributed by atoms with Crippen molar-refractivity contribution >= 4 is 32.5 Å². The first-order valence-electron chi connectivity index (χ1n) is 6.87. The summed E-state index contributed by atoms with van der Waals surface area (Å²) >= 11 is 3.46. The Morgan fingerprint density at radius 2 is 1.62 bits per heavy atom. The molecule has 0 spiro atoms. The normalized spacial score (nSPS) is 11.0. The summed E-state index contributed by atoms with van der Waals surface area (Å²) in [5.74, 6) is 0.0496.